The van der Waals surface area contributed by atoms with Crippen LogP contribution in [0.25, 0.3) is 0 Å². The van der Waals surface area contributed by atoms with Crippen LogP contribution in [-0.4, -0.2) is 36.0 Å². The third-order valence-electron chi connectivity index (χ3n) is 5.32. The number of nitrogens with one attached hydrogen (secondary N) is 2. The Hall–Kier alpha value is -2.37. The Balaban J connectivity index is 1.61. The molecule has 2 amide bonds. The van der Waals surface area contributed by atoms with E-state index in [4.69, 9.17) is 0 Å². The number of carboxylic acids is 1. The van der Waals surface area contributed by atoms with Crippen LogP contribution in [-0.2, 0) is 9.59 Å². The van der Waals surface area contributed by atoms with Crippen LogP contribution in [0.15, 0.2) is 24.3 Å². The maximum Gasteiger partial charge on any atom is 0.326 e. The molecule has 2 aliphatic rings. The predicted molar refractivity (Wildman–Crippen MR) is 92.2 cm³/mol. The molecule has 0 bridgehead atoms. The van der Waals surface area contributed by atoms with Crippen molar-refractivity contribution in [2.24, 2.45) is 11.8 Å². The van der Waals surface area contributed by atoms with Gasteiger partial charge in [-0.1, -0.05) is 25.0 Å². The molecule has 0 radical (unpaired) electrons. The van der Waals surface area contributed by atoms with Gasteiger partial charge < -0.3 is 15.7 Å². The van der Waals surface area contributed by atoms with Crippen LogP contribution in [0.4, 0.5) is 0 Å². The van der Waals surface area contributed by atoms with Gasteiger partial charge in [0, 0.05) is 18.5 Å². The van der Waals surface area contributed by atoms with Gasteiger partial charge in [0.05, 0.1) is 0 Å². The SMILES string of the molecule is CNC(=O)c1ccc(C2CCC2C(=O)N[C@@H](CC2CC2)C(=O)O)cc1. The van der Waals surface area contributed by atoms with Crippen molar-refractivity contribution in [1.82, 2.24) is 10.6 Å². The summed E-state index contributed by atoms with van der Waals surface area (Å²) >= 11 is 0. The van der Waals surface area contributed by atoms with Crippen molar-refractivity contribution in [2.75, 3.05) is 7.05 Å². The summed E-state index contributed by atoms with van der Waals surface area (Å²) in [5.41, 5.74) is 1.61. The van der Waals surface area contributed by atoms with Gasteiger partial charge in [-0.25, -0.2) is 4.79 Å². The summed E-state index contributed by atoms with van der Waals surface area (Å²) in [5.74, 6) is -0.915. The molecular formula is C19H24N2O4. The van der Waals surface area contributed by atoms with Crippen LogP contribution in [0, 0.1) is 11.8 Å². The lowest BCUT2D eigenvalue weighted by Crippen LogP contribution is -2.47. The zero-order chi connectivity index (χ0) is 18.0. The molecule has 1 aromatic rings. The Bertz CT molecular complexity index is 667. The number of amides is 2. The molecule has 0 saturated heterocycles. The summed E-state index contributed by atoms with van der Waals surface area (Å²) in [5, 5.41) is 14.6. The van der Waals surface area contributed by atoms with Gasteiger partial charge in [0.15, 0.2) is 0 Å². The molecule has 0 aliphatic heterocycles. The highest BCUT2D eigenvalue weighted by molar-refractivity contribution is 5.94. The van der Waals surface area contributed by atoms with E-state index < -0.39 is 12.0 Å². The molecule has 1 aromatic carbocycles. The number of hydrogen-bond donors (Lipinski definition) is 3. The van der Waals surface area contributed by atoms with Gasteiger partial charge in [0.1, 0.15) is 6.04 Å². The zero-order valence-corrected chi connectivity index (χ0v) is 14.3. The van der Waals surface area contributed by atoms with Crippen LogP contribution in [0.1, 0.15) is 53.9 Å². The third kappa shape index (κ3) is 4.00. The van der Waals surface area contributed by atoms with E-state index in [0.29, 0.717) is 17.9 Å². The van der Waals surface area contributed by atoms with E-state index >= 15 is 0 Å². The van der Waals surface area contributed by atoms with Gasteiger partial charge in [-0.2, -0.15) is 0 Å². The van der Waals surface area contributed by atoms with Crippen LogP contribution in [0.5, 0.6) is 0 Å². The van der Waals surface area contributed by atoms with E-state index in [1.807, 2.05) is 12.1 Å². The van der Waals surface area contributed by atoms with Crippen molar-refractivity contribution in [2.45, 2.75) is 44.1 Å². The maximum atomic E-state index is 12.5. The molecular weight excluding hydrogens is 320 g/mol. The number of benzene rings is 1. The molecule has 6 heteroatoms. The normalized spacial score (nSPS) is 23.2. The Kier molecular flexibility index (Phi) is 5.06. The molecule has 25 heavy (non-hydrogen) atoms. The fourth-order valence-corrected chi connectivity index (χ4v) is 3.43. The molecule has 6 nitrogen and oxygen atoms in total. The lowest BCUT2D eigenvalue weighted by atomic mass is 9.69. The number of hydrogen-bond acceptors (Lipinski definition) is 3. The van der Waals surface area contributed by atoms with Gasteiger partial charge in [-0.3, -0.25) is 9.59 Å². The highest BCUT2D eigenvalue weighted by Crippen LogP contribution is 2.43. The average molecular weight is 344 g/mol. The van der Waals surface area contributed by atoms with Gasteiger partial charge in [-0.15, -0.1) is 0 Å². The summed E-state index contributed by atoms with van der Waals surface area (Å²) in [4.78, 5) is 35.5. The van der Waals surface area contributed by atoms with Gasteiger partial charge >= 0.3 is 5.97 Å². The maximum absolute atomic E-state index is 12.5. The van der Waals surface area contributed by atoms with E-state index in [1.54, 1.807) is 19.2 Å². The number of carbonyl (C=O) groups is 3. The van der Waals surface area contributed by atoms with Crippen molar-refractivity contribution in [3.63, 3.8) is 0 Å². The van der Waals surface area contributed by atoms with E-state index in [0.717, 1.165) is 31.2 Å². The molecule has 2 fully saturated rings. The predicted octanol–water partition coefficient (Wildman–Crippen LogP) is 1.91. The fraction of sp³-hybridized carbons (Fsp3) is 0.526. The van der Waals surface area contributed by atoms with Crippen molar-refractivity contribution < 1.29 is 19.5 Å². The molecule has 0 spiro atoms. The van der Waals surface area contributed by atoms with Gasteiger partial charge in [0.2, 0.25) is 5.91 Å². The van der Waals surface area contributed by atoms with E-state index in [2.05, 4.69) is 10.6 Å². The van der Waals surface area contributed by atoms with Crippen LogP contribution >= 0.6 is 0 Å². The molecule has 0 aromatic heterocycles. The van der Waals surface area contributed by atoms with Crippen LogP contribution in [0.2, 0.25) is 0 Å². The summed E-state index contributed by atoms with van der Waals surface area (Å²) < 4.78 is 0. The third-order valence-corrected chi connectivity index (χ3v) is 5.32. The minimum absolute atomic E-state index is 0.0918. The number of aliphatic carboxylic acids is 1. The quantitative estimate of drug-likeness (QED) is 0.704. The van der Waals surface area contributed by atoms with Gasteiger partial charge in [-0.05, 0) is 48.8 Å². The minimum atomic E-state index is -0.953. The summed E-state index contributed by atoms with van der Waals surface area (Å²) in [6, 6.07) is 6.50. The van der Waals surface area contributed by atoms with E-state index in [9.17, 15) is 19.5 Å². The smallest absolute Gasteiger partial charge is 0.326 e. The molecule has 134 valence electrons. The lowest BCUT2D eigenvalue weighted by Gasteiger charge is -2.36. The Labute approximate surface area is 147 Å². The average Bonchev–Trinajstić information content (AvgIpc) is 3.37. The molecule has 2 unspecified atom stereocenters. The minimum Gasteiger partial charge on any atom is -0.480 e. The Morgan fingerprint density at radius 1 is 1.12 bits per heavy atom. The second-order valence-electron chi connectivity index (χ2n) is 7.07. The highest BCUT2D eigenvalue weighted by Gasteiger charge is 2.39. The summed E-state index contributed by atoms with van der Waals surface area (Å²) in [6.07, 6.45) is 4.31. The van der Waals surface area contributed by atoms with Crippen LogP contribution in [0.3, 0.4) is 0 Å². The molecule has 2 aliphatic carbocycles. The molecule has 2 saturated carbocycles. The molecule has 0 heterocycles. The monoisotopic (exact) mass is 344 g/mol. The fourth-order valence-electron chi connectivity index (χ4n) is 3.43. The standard InChI is InChI=1S/C19H24N2O4/c1-20-17(22)13-6-4-12(5-7-13)14-8-9-15(14)18(23)21-16(19(24)25)10-11-2-3-11/h4-7,11,14-16H,2-3,8-10H2,1H3,(H,20,22)(H,21,23)(H,24,25)/t14?,15?,16-/m0/s1. The van der Waals surface area contributed by atoms with Crippen molar-refractivity contribution in [3.8, 4) is 0 Å². The first-order valence-electron chi connectivity index (χ1n) is 8.84. The summed E-state index contributed by atoms with van der Waals surface area (Å²) in [6.45, 7) is 0. The van der Waals surface area contributed by atoms with Crippen LogP contribution < -0.4 is 10.6 Å². The number of rotatable bonds is 7. The first kappa shape index (κ1) is 17.5. The van der Waals surface area contributed by atoms with Gasteiger partial charge in [0.25, 0.3) is 5.91 Å². The molecule has 3 atom stereocenters. The molecule has 3 N–H and O–H groups in total. The first-order chi connectivity index (χ1) is 12.0. The van der Waals surface area contributed by atoms with Crippen molar-refractivity contribution in [3.05, 3.63) is 35.4 Å². The first-order valence-corrected chi connectivity index (χ1v) is 8.84. The molecule has 3 rings (SSSR count). The number of carbonyl (C=O) groups excluding carboxylic acids is 2. The van der Waals surface area contributed by atoms with Crippen molar-refractivity contribution >= 4 is 17.8 Å². The second kappa shape index (κ2) is 7.25. The number of carboxylic acid groups (broad SMARTS) is 1. The second-order valence-corrected chi connectivity index (χ2v) is 7.07. The van der Waals surface area contributed by atoms with Crippen molar-refractivity contribution in [1.29, 1.82) is 0 Å². The summed E-state index contributed by atoms with van der Waals surface area (Å²) in [7, 11) is 1.59. The largest absolute Gasteiger partial charge is 0.480 e. The van der Waals surface area contributed by atoms with E-state index in [-0.39, 0.29) is 23.7 Å². The Morgan fingerprint density at radius 3 is 2.28 bits per heavy atom. The zero-order valence-electron chi connectivity index (χ0n) is 14.3. The van der Waals surface area contributed by atoms with E-state index in [1.165, 1.54) is 0 Å². The lowest BCUT2D eigenvalue weighted by molar-refractivity contribution is -0.143. The Morgan fingerprint density at radius 2 is 1.80 bits per heavy atom. The highest BCUT2D eigenvalue weighted by atomic mass is 16.4. The topological polar surface area (TPSA) is 95.5 Å².